The number of benzene rings is 2. The van der Waals surface area contributed by atoms with Crippen molar-refractivity contribution in [2.75, 3.05) is 18.9 Å². The van der Waals surface area contributed by atoms with Gasteiger partial charge in [-0.1, -0.05) is 37.1 Å². The van der Waals surface area contributed by atoms with E-state index in [0.717, 1.165) is 42.5 Å². The van der Waals surface area contributed by atoms with Crippen molar-refractivity contribution < 1.29 is 9.18 Å². The van der Waals surface area contributed by atoms with Crippen LogP contribution in [0.25, 0.3) is 0 Å². The number of carbonyl (C=O) groups excluding carboxylic acids is 1. The van der Waals surface area contributed by atoms with Crippen LogP contribution in [0.3, 0.4) is 0 Å². The molecule has 1 fully saturated rings. The Labute approximate surface area is 171 Å². The van der Waals surface area contributed by atoms with Gasteiger partial charge in [-0.15, -0.1) is 0 Å². The highest BCUT2D eigenvalue weighted by atomic mass is 19.1. The second-order valence-electron chi connectivity index (χ2n) is 7.40. The molecular formula is C23H29FN4O. The third-order valence-corrected chi connectivity index (χ3v) is 5.20. The van der Waals surface area contributed by atoms with Crippen molar-refractivity contribution in [2.24, 2.45) is 10.9 Å². The molecule has 0 aliphatic heterocycles. The van der Waals surface area contributed by atoms with Gasteiger partial charge in [-0.2, -0.15) is 0 Å². The maximum absolute atomic E-state index is 13.2. The summed E-state index contributed by atoms with van der Waals surface area (Å²) in [6.07, 6.45) is 4.98. The largest absolute Gasteiger partial charge is 0.356 e. The van der Waals surface area contributed by atoms with E-state index in [1.807, 2.05) is 30.3 Å². The molecule has 1 aliphatic rings. The fraction of sp³-hybridized carbons (Fsp3) is 0.391. The maximum Gasteiger partial charge on any atom is 0.227 e. The minimum Gasteiger partial charge on any atom is -0.356 e. The number of rotatable bonds is 7. The Bertz CT molecular complexity index is 846. The first-order chi connectivity index (χ1) is 14.1. The van der Waals surface area contributed by atoms with Crippen LogP contribution in [0.4, 0.5) is 10.1 Å². The van der Waals surface area contributed by atoms with Gasteiger partial charge in [-0.3, -0.25) is 9.79 Å². The Morgan fingerprint density at radius 3 is 2.59 bits per heavy atom. The van der Waals surface area contributed by atoms with E-state index in [-0.39, 0.29) is 17.6 Å². The molecule has 0 atom stereocenters. The summed E-state index contributed by atoms with van der Waals surface area (Å²) < 4.78 is 13.2. The Hall–Kier alpha value is -2.89. The predicted molar refractivity (Wildman–Crippen MR) is 115 cm³/mol. The van der Waals surface area contributed by atoms with Gasteiger partial charge in [-0.25, -0.2) is 4.39 Å². The van der Waals surface area contributed by atoms with Crippen molar-refractivity contribution in [1.82, 2.24) is 10.6 Å². The van der Waals surface area contributed by atoms with Crippen molar-refractivity contribution in [2.45, 2.75) is 38.6 Å². The van der Waals surface area contributed by atoms with Crippen LogP contribution in [0.2, 0.25) is 0 Å². The van der Waals surface area contributed by atoms with Crippen molar-refractivity contribution in [3.63, 3.8) is 0 Å². The molecule has 1 amide bonds. The SMILES string of the molecule is CN=C(NCCc1cccc(F)c1)NCc1cccc(NC(=O)C2CCCC2)c1. The number of guanidine groups is 1. The molecule has 0 spiro atoms. The number of nitrogens with zero attached hydrogens (tertiary/aromatic N) is 1. The van der Waals surface area contributed by atoms with Gasteiger partial charge in [0.2, 0.25) is 5.91 Å². The number of hydrogen-bond acceptors (Lipinski definition) is 2. The van der Waals surface area contributed by atoms with Crippen molar-refractivity contribution in [3.8, 4) is 0 Å². The summed E-state index contributed by atoms with van der Waals surface area (Å²) >= 11 is 0. The van der Waals surface area contributed by atoms with E-state index >= 15 is 0 Å². The average Bonchev–Trinajstić information content (AvgIpc) is 3.26. The summed E-state index contributed by atoms with van der Waals surface area (Å²) in [5.74, 6) is 0.743. The molecule has 0 saturated heterocycles. The van der Waals surface area contributed by atoms with Gasteiger partial charge in [-0.05, 0) is 54.7 Å². The van der Waals surface area contributed by atoms with Crippen LogP contribution in [-0.2, 0) is 17.8 Å². The number of hydrogen-bond donors (Lipinski definition) is 3. The normalized spacial score (nSPS) is 14.6. The van der Waals surface area contributed by atoms with Crippen molar-refractivity contribution in [1.29, 1.82) is 0 Å². The number of amides is 1. The topological polar surface area (TPSA) is 65.5 Å². The molecule has 0 unspecified atom stereocenters. The first-order valence-corrected chi connectivity index (χ1v) is 10.2. The van der Waals surface area contributed by atoms with Gasteiger partial charge in [0.15, 0.2) is 5.96 Å². The van der Waals surface area contributed by atoms with Gasteiger partial charge >= 0.3 is 0 Å². The molecule has 2 aromatic rings. The molecule has 1 saturated carbocycles. The van der Waals surface area contributed by atoms with Crippen LogP contribution in [0.1, 0.15) is 36.8 Å². The van der Waals surface area contributed by atoms with E-state index in [9.17, 15) is 9.18 Å². The highest BCUT2D eigenvalue weighted by molar-refractivity contribution is 5.92. The van der Waals surface area contributed by atoms with Crippen LogP contribution < -0.4 is 16.0 Å². The number of anilines is 1. The predicted octanol–water partition coefficient (Wildman–Crippen LogP) is 3.86. The second kappa shape index (κ2) is 10.6. The zero-order chi connectivity index (χ0) is 20.5. The monoisotopic (exact) mass is 396 g/mol. The van der Waals surface area contributed by atoms with Gasteiger partial charge in [0, 0.05) is 31.7 Å². The molecule has 2 aromatic carbocycles. The molecule has 0 bridgehead atoms. The molecule has 6 heteroatoms. The summed E-state index contributed by atoms with van der Waals surface area (Å²) in [5, 5.41) is 9.55. The average molecular weight is 397 g/mol. The molecule has 1 aliphatic carbocycles. The fourth-order valence-electron chi connectivity index (χ4n) is 3.62. The Balaban J connectivity index is 1.45. The van der Waals surface area contributed by atoms with Gasteiger partial charge in [0.05, 0.1) is 0 Å². The quantitative estimate of drug-likeness (QED) is 0.492. The van der Waals surface area contributed by atoms with Crippen LogP contribution in [-0.4, -0.2) is 25.5 Å². The van der Waals surface area contributed by atoms with E-state index in [1.165, 1.54) is 6.07 Å². The van der Waals surface area contributed by atoms with Crippen LogP contribution in [0, 0.1) is 11.7 Å². The summed E-state index contributed by atoms with van der Waals surface area (Å²) in [4.78, 5) is 16.5. The lowest BCUT2D eigenvalue weighted by atomic mass is 10.1. The standard InChI is InChI=1S/C23H29FN4O/c1-25-23(26-13-12-17-6-4-10-20(24)14-17)27-16-18-7-5-11-21(15-18)28-22(29)19-8-2-3-9-19/h4-7,10-11,14-15,19H,2-3,8-9,12-13,16H2,1H3,(H,28,29)(H2,25,26,27). The number of carbonyl (C=O) groups is 1. The molecule has 0 radical (unpaired) electrons. The van der Waals surface area contributed by atoms with Crippen molar-refractivity contribution in [3.05, 3.63) is 65.5 Å². The van der Waals surface area contributed by atoms with Gasteiger partial charge < -0.3 is 16.0 Å². The van der Waals surface area contributed by atoms with E-state index < -0.39 is 0 Å². The van der Waals surface area contributed by atoms with Gasteiger partial charge in [0.25, 0.3) is 0 Å². The first-order valence-electron chi connectivity index (χ1n) is 10.2. The Kier molecular flexibility index (Phi) is 7.61. The van der Waals surface area contributed by atoms with E-state index in [0.29, 0.717) is 25.5 Å². The molecule has 154 valence electrons. The van der Waals surface area contributed by atoms with E-state index in [2.05, 4.69) is 20.9 Å². The summed E-state index contributed by atoms with van der Waals surface area (Å²) in [6, 6.07) is 14.5. The molecule has 3 rings (SSSR count). The zero-order valence-electron chi connectivity index (χ0n) is 16.9. The lowest BCUT2D eigenvalue weighted by molar-refractivity contribution is -0.119. The fourth-order valence-corrected chi connectivity index (χ4v) is 3.62. The molecule has 5 nitrogen and oxygen atoms in total. The molecule has 29 heavy (non-hydrogen) atoms. The first kappa shape index (κ1) is 20.8. The number of halogens is 1. The maximum atomic E-state index is 13.2. The molecule has 0 aromatic heterocycles. The zero-order valence-corrected chi connectivity index (χ0v) is 16.9. The lowest BCUT2D eigenvalue weighted by Crippen LogP contribution is -2.37. The summed E-state index contributed by atoms with van der Waals surface area (Å²) in [7, 11) is 1.72. The summed E-state index contributed by atoms with van der Waals surface area (Å²) in [5.41, 5.74) is 2.83. The third kappa shape index (κ3) is 6.59. The summed E-state index contributed by atoms with van der Waals surface area (Å²) in [6.45, 7) is 1.24. The van der Waals surface area contributed by atoms with Gasteiger partial charge in [0.1, 0.15) is 5.82 Å². The Morgan fingerprint density at radius 1 is 1.07 bits per heavy atom. The van der Waals surface area contributed by atoms with Crippen LogP contribution >= 0.6 is 0 Å². The number of nitrogens with one attached hydrogen (secondary N) is 3. The third-order valence-electron chi connectivity index (χ3n) is 5.20. The van der Waals surface area contributed by atoms with E-state index in [1.54, 1.807) is 19.2 Å². The lowest BCUT2D eigenvalue weighted by Gasteiger charge is -2.14. The minimum absolute atomic E-state index is 0.127. The second-order valence-corrected chi connectivity index (χ2v) is 7.40. The molecule has 3 N–H and O–H groups in total. The highest BCUT2D eigenvalue weighted by Crippen LogP contribution is 2.26. The minimum atomic E-state index is -0.218. The Morgan fingerprint density at radius 2 is 1.83 bits per heavy atom. The molecular weight excluding hydrogens is 367 g/mol. The van der Waals surface area contributed by atoms with Crippen LogP contribution in [0.15, 0.2) is 53.5 Å². The molecule has 0 heterocycles. The van der Waals surface area contributed by atoms with Crippen molar-refractivity contribution >= 4 is 17.6 Å². The smallest absolute Gasteiger partial charge is 0.227 e. The van der Waals surface area contributed by atoms with E-state index in [4.69, 9.17) is 0 Å². The highest BCUT2D eigenvalue weighted by Gasteiger charge is 2.22. The van der Waals surface area contributed by atoms with Crippen LogP contribution in [0.5, 0.6) is 0 Å². The number of aliphatic imine (C=N–C) groups is 1.